The topological polar surface area (TPSA) is 52.7 Å². The van der Waals surface area contributed by atoms with E-state index in [4.69, 9.17) is 0 Å². The summed E-state index contributed by atoms with van der Waals surface area (Å²) in [4.78, 5) is 30.0. The molecule has 0 bridgehead atoms. The molecule has 1 aromatic rings. The number of amides is 3. The zero-order chi connectivity index (χ0) is 16.2. The smallest absolute Gasteiger partial charge is 0.322 e. The number of carbonyl (C=O) groups is 2. The summed E-state index contributed by atoms with van der Waals surface area (Å²) in [5, 5.41) is 3.82. The van der Waals surface area contributed by atoms with Gasteiger partial charge >= 0.3 is 6.03 Å². The number of aryl methyl sites for hydroxylation is 1. The lowest BCUT2D eigenvalue weighted by molar-refractivity contribution is -0.137. The van der Waals surface area contributed by atoms with Gasteiger partial charge in [0.25, 0.3) is 0 Å². The number of hydrogen-bond donors (Lipinski definition) is 1. The minimum Gasteiger partial charge on any atom is -0.342 e. The molecule has 0 spiro atoms. The highest BCUT2D eigenvalue weighted by molar-refractivity contribution is 7.16. The van der Waals surface area contributed by atoms with E-state index in [0.717, 1.165) is 50.3 Å². The van der Waals surface area contributed by atoms with Crippen LogP contribution < -0.4 is 5.32 Å². The van der Waals surface area contributed by atoms with Gasteiger partial charge in [-0.05, 0) is 51.2 Å². The Morgan fingerprint density at radius 2 is 1.83 bits per heavy atom. The van der Waals surface area contributed by atoms with Gasteiger partial charge < -0.3 is 9.80 Å². The van der Waals surface area contributed by atoms with Gasteiger partial charge in [-0.3, -0.25) is 10.1 Å². The largest absolute Gasteiger partial charge is 0.342 e. The summed E-state index contributed by atoms with van der Waals surface area (Å²) in [6.45, 7) is 5.08. The van der Waals surface area contributed by atoms with Crippen molar-refractivity contribution in [3.63, 3.8) is 0 Å². The summed E-state index contributed by atoms with van der Waals surface area (Å²) in [6, 6.07) is 3.85. The van der Waals surface area contributed by atoms with Gasteiger partial charge in [-0.25, -0.2) is 4.79 Å². The third kappa shape index (κ3) is 4.05. The monoisotopic (exact) mass is 335 g/mol. The molecule has 1 N–H and O–H groups in total. The molecule has 0 radical (unpaired) electrons. The molecule has 23 heavy (non-hydrogen) atoms. The second-order valence-corrected chi connectivity index (χ2v) is 7.80. The van der Waals surface area contributed by atoms with E-state index in [0.29, 0.717) is 6.54 Å². The van der Waals surface area contributed by atoms with Crippen LogP contribution in [0.3, 0.4) is 0 Å². The molecule has 126 valence electrons. The summed E-state index contributed by atoms with van der Waals surface area (Å²) in [6.07, 6.45) is 5.25. The quantitative estimate of drug-likeness (QED) is 0.901. The molecule has 1 unspecified atom stereocenters. The molecule has 2 fully saturated rings. The second kappa shape index (κ2) is 7.34. The molecule has 2 aliphatic heterocycles. The van der Waals surface area contributed by atoms with Gasteiger partial charge in [0, 0.05) is 31.1 Å². The number of thiophene rings is 1. The van der Waals surface area contributed by atoms with Crippen molar-refractivity contribution in [1.29, 1.82) is 0 Å². The van der Waals surface area contributed by atoms with Crippen molar-refractivity contribution in [2.75, 3.05) is 31.5 Å². The highest BCUT2D eigenvalue weighted by atomic mass is 32.1. The number of anilines is 1. The van der Waals surface area contributed by atoms with Crippen molar-refractivity contribution in [2.24, 2.45) is 5.92 Å². The number of piperidine rings is 2. The van der Waals surface area contributed by atoms with Crippen LogP contribution >= 0.6 is 11.3 Å². The summed E-state index contributed by atoms with van der Waals surface area (Å²) in [5.74, 6) is 0.215. The van der Waals surface area contributed by atoms with Crippen LogP contribution in [-0.2, 0) is 4.79 Å². The number of nitrogens with zero attached hydrogens (tertiary/aromatic N) is 2. The second-order valence-electron chi connectivity index (χ2n) is 6.51. The fourth-order valence-electron chi connectivity index (χ4n) is 3.42. The van der Waals surface area contributed by atoms with Crippen LogP contribution in [0.5, 0.6) is 0 Å². The maximum Gasteiger partial charge on any atom is 0.322 e. The lowest BCUT2D eigenvalue weighted by Crippen LogP contribution is -2.48. The molecule has 3 rings (SSSR count). The molecule has 6 heteroatoms. The van der Waals surface area contributed by atoms with Crippen molar-refractivity contribution in [1.82, 2.24) is 9.80 Å². The van der Waals surface area contributed by atoms with Gasteiger partial charge in [0.2, 0.25) is 5.91 Å². The van der Waals surface area contributed by atoms with Crippen molar-refractivity contribution >= 4 is 28.3 Å². The molecule has 2 aliphatic rings. The Labute approximate surface area is 141 Å². The van der Waals surface area contributed by atoms with Gasteiger partial charge in [0.15, 0.2) is 0 Å². The number of likely N-dealkylation sites (tertiary alicyclic amines) is 2. The molecule has 0 saturated carbocycles. The van der Waals surface area contributed by atoms with Crippen molar-refractivity contribution in [3.8, 4) is 0 Å². The molecule has 0 aromatic carbocycles. The summed E-state index contributed by atoms with van der Waals surface area (Å²) in [7, 11) is 0. The van der Waals surface area contributed by atoms with Gasteiger partial charge in [0.05, 0.1) is 10.9 Å². The predicted molar refractivity (Wildman–Crippen MR) is 92.8 cm³/mol. The van der Waals surface area contributed by atoms with Gasteiger partial charge in [-0.1, -0.05) is 0 Å². The van der Waals surface area contributed by atoms with Crippen LogP contribution in [0, 0.1) is 12.8 Å². The molecular weight excluding hydrogens is 310 g/mol. The Bertz CT molecular complexity index is 566. The van der Waals surface area contributed by atoms with E-state index in [2.05, 4.69) is 5.32 Å². The highest BCUT2D eigenvalue weighted by Gasteiger charge is 2.31. The highest BCUT2D eigenvalue weighted by Crippen LogP contribution is 2.24. The number of rotatable bonds is 2. The maximum absolute atomic E-state index is 12.7. The fraction of sp³-hybridized carbons (Fsp3) is 0.647. The minimum absolute atomic E-state index is 0.0299. The van der Waals surface area contributed by atoms with Crippen LogP contribution in [-0.4, -0.2) is 47.9 Å². The van der Waals surface area contributed by atoms with E-state index in [1.165, 1.54) is 11.3 Å². The first kappa shape index (κ1) is 16.3. The molecular formula is C17H25N3O2S. The average Bonchev–Trinajstić information content (AvgIpc) is 3.00. The maximum atomic E-state index is 12.7. The Morgan fingerprint density at radius 1 is 1.09 bits per heavy atom. The van der Waals surface area contributed by atoms with Crippen LogP contribution in [0.2, 0.25) is 0 Å². The third-order valence-electron chi connectivity index (χ3n) is 4.70. The van der Waals surface area contributed by atoms with Crippen LogP contribution in [0.25, 0.3) is 0 Å². The Kier molecular flexibility index (Phi) is 5.20. The fourth-order valence-corrected chi connectivity index (χ4v) is 4.18. The molecule has 1 aromatic heterocycles. The molecule has 3 heterocycles. The Morgan fingerprint density at radius 3 is 2.52 bits per heavy atom. The van der Waals surface area contributed by atoms with Crippen molar-refractivity contribution < 1.29 is 9.59 Å². The van der Waals surface area contributed by atoms with Crippen LogP contribution in [0.4, 0.5) is 9.80 Å². The van der Waals surface area contributed by atoms with Gasteiger partial charge in [-0.15, -0.1) is 11.3 Å². The van der Waals surface area contributed by atoms with Gasteiger partial charge in [-0.2, -0.15) is 0 Å². The summed E-state index contributed by atoms with van der Waals surface area (Å²) in [5.41, 5.74) is 0. The Balaban J connectivity index is 1.56. The first-order valence-electron chi connectivity index (χ1n) is 8.54. The lowest BCUT2D eigenvalue weighted by atomic mass is 9.95. The SMILES string of the molecule is Cc1ccc(NC(=O)N2CCCC(C(=O)N3CCCCC3)C2)s1. The molecule has 0 aliphatic carbocycles. The van der Waals surface area contributed by atoms with Crippen LogP contribution in [0.1, 0.15) is 37.0 Å². The third-order valence-corrected chi connectivity index (χ3v) is 5.61. The summed E-state index contributed by atoms with van der Waals surface area (Å²) >= 11 is 1.58. The zero-order valence-electron chi connectivity index (χ0n) is 13.7. The minimum atomic E-state index is -0.0806. The summed E-state index contributed by atoms with van der Waals surface area (Å²) < 4.78 is 0. The van der Waals surface area contributed by atoms with E-state index in [1.807, 2.05) is 24.0 Å². The first-order chi connectivity index (χ1) is 11.1. The predicted octanol–water partition coefficient (Wildman–Crippen LogP) is 3.31. The average molecular weight is 335 g/mol. The number of carbonyl (C=O) groups excluding carboxylic acids is 2. The van der Waals surface area contributed by atoms with E-state index in [1.54, 1.807) is 16.2 Å². The van der Waals surface area contributed by atoms with Gasteiger partial charge in [0.1, 0.15) is 0 Å². The number of hydrogen-bond acceptors (Lipinski definition) is 3. The zero-order valence-corrected chi connectivity index (χ0v) is 14.5. The van der Waals surface area contributed by atoms with E-state index >= 15 is 0 Å². The number of urea groups is 1. The number of nitrogens with one attached hydrogen (secondary N) is 1. The van der Waals surface area contributed by atoms with E-state index < -0.39 is 0 Å². The van der Waals surface area contributed by atoms with Crippen LogP contribution in [0.15, 0.2) is 12.1 Å². The van der Waals surface area contributed by atoms with Crippen molar-refractivity contribution in [3.05, 3.63) is 17.0 Å². The molecule has 2 saturated heterocycles. The molecule has 1 atom stereocenters. The molecule has 3 amide bonds. The standard InChI is InChI=1S/C17H25N3O2S/c1-13-7-8-15(23-13)18-17(22)20-11-5-6-14(12-20)16(21)19-9-3-2-4-10-19/h7-8,14H,2-6,9-12H2,1H3,(H,18,22). The van der Waals surface area contributed by atoms with Crippen molar-refractivity contribution in [2.45, 2.75) is 39.0 Å². The Hall–Kier alpha value is -1.56. The molecule has 5 nitrogen and oxygen atoms in total. The first-order valence-corrected chi connectivity index (χ1v) is 9.36. The van der Waals surface area contributed by atoms with E-state index in [9.17, 15) is 9.59 Å². The lowest BCUT2D eigenvalue weighted by Gasteiger charge is -2.36. The normalized spacial score (nSPS) is 22.0. The van der Waals surface area contributed by atoms with E-state index in [-0.39, 0.29) is 17.9 Å².